The number of benzene rings is 1. The summed E-state index contributed by atoms with van der Waals surface area (Å²) in [5.41, 5.74) is 7.15. The van der Waals surface area contributed by atoms with E-state index in [0.29, 0.717) is 12.1 Å². The van der Waals surface area contributed by atoms with Gasteiger partial charge in [-0.3, -0.25) is 4.79 Å². The molecule has 0 radical (unpaired) electrons. The number of anilines is 1. The molecule has 0 aliphatic carbocycles. The van der Waals surface area contributed by atoms with E-state index in [2.05, 4.69) is 5.32 Å². The van der Waals surface area contributed by atoms with Gasteiger partial charge in [0.15, 0.2) is 0 Å². The molecule has 0 unspecified atom stereocenters. The largest absolute Gasteiger partial charge is 0.399 e. The van der Waals surface area contributed by atoms with Crippen LogP contribution in [0.25, 0.3) is 0 Å². The monoisotopic (exact) mass is 222 g/mol. The van der Waals surface area contributed by atoms with Gasteiger partial charge in [0.1, 0.15) is 0 Å². The lowest BCUT2D eigenvalue weighted by atomic mass is 10.1. The van der Waals surface area contributed by atoms with Crippen LogP contribution < -0.4 is 11.1 Å². The van der Waals surface area contributed by atoms with Crippen LogP contribution >= 0.6 is 0 Å². The van der Waals surface area contributed by atoms with E-state index in [1.807, 2.05) is 19.1 Å². The van der Waals surface area contributed by atoms with E-state index in [9.17, 15) is 4.79 Å². The highest BCUT2D eigenvalue weighted by Crippen LogP contribution is 2.06. The summed E-state index contributed by atoms with van der Waals surface area (Å²) >= 11 is 0. The molecule has 0 bridgehead atoms. The van der Waals surface area contributed by atoms with E-state index in [0.717, 1.165) is 12.0 Å². The van der Waals surface area contributed by atoms with Crippen LogP contribution in [0.2, 0.25) is 0 Å². The molecule has 16 heavy (non-hydrogen) atoms. The summed E-state index contributed by atoms with van der Waals surface area (Å²) in [7, 11) is 0. The van der Waals surface area contributed by atoms with Crippen molar-refractivity contribution in [1.82, 2.24) is 5.32 Å². The second kappa shape index (κ2) is 6.12. The van der Waals surface area contributed by atoms with Crippen LogP contribution in [0, 0.1) is 0 Å². The zero-order chi connectivity index (χ0) is 12.0. The summed E-state index contributed by atoms with van der Waals surface area (Å²) in [4.78, 5) is 11.6. The summed E-state index contributed by atoms with van der Waals surface area (Å²) in [6.07, 6.45) is 1.04. The maximum Gasteiger partial charge on any atom is 0.224 e. The van der Waals surface area contributed by atoms with Crippen molar-refractivity contribution in [2.75, 3.05) is 12.3 Å². The van der Waals surface area contributed by atoms with Crippen molar-refractivity contribution in [1.29, 1.82) is 0 Å². The third-order valence-corrected chi connectivity index (χ3v) is 2.42. The normalized spacial score (nSPS) is 12.1. The maximum absolute atomic E-state index is 11.6. The molecule has 0 spiro atoms. The van der Waals surface area contributed by atoms with Crippen LogP contribution in [0.1, 0.15) is 18.9 Å². The number of hydrogen-bond acceptors (Lipinski definition) is 3. The lowest BCUT2D eigenvalue weighted by Crippen LogP contribution is -2.37. The van der Waals surface area contributed by atoms with Gasteiger partial charge < -0.3 is 16.2 Å². The van der Waals surface area contributed by atoms with Crippen molar-refractivity contribution < 1.29 is 9.90 Å². The molecule has 4 nitrogen and oxygen atoms in total. The molecule has 1 aromatic rings. The Kier molecular flexibility index (Phi) is 4.79. The standard InChI is InChI=1S/C12H18N2O2/c1-2-11(8-15)14-12(16)7-9-3-5-10(13)6-4-9/h3-6,11,15H,2,7-8,13H2,1H3,(H,14,16)/t11-/m0/s1. The molecule has 4 N–H and O–H groups in total. The SMILES string of the molecule is CC[C@@H](CO)NC(=O)Cc1ccc(N)cc1. The topological polar surface area (TPSA) is 75.3 Å². The number of hydrogen-bond donors (Lipinski definition) is 3. The van der Waals surface area contributed by atoms with Crippen molar-refractivity contribution in [3.8, 4) is 0 Å². The van der Waals surface area contributed by atoms with Gasteiger partial charge in [-0.15, -0.1) is 0 Å². The minimum atomic E-state index is -0.152. The van der Waals surface area contributed by atoms with E-state index in [1.54, 1.807) is 12.1 Å². The molecule has 88 valence electrons. The molecule has 1 amide bonds. The number of carbonyl (C=O) groups excluding carboxylic acids is 1. The first kappa shape index (κ1) is 12.5. The average Bonchev–Trinajstić information content (AvgIpc) is 2.29. The Labute approximate surface area is 95.5 Å². The van der Waals surface area contributed by atoms with Crippen LogP contribution in [0.4, 0.5) is 5.69 Å². The van der Waals surface area contributed by atoms with Crippen LogP contribution in [0.5, 0.6) is 0 Å². The molecule has 0 fully saturated rings. The Bertz CT molecular complexity index is 331. The zero-order valence-corrected chi connectivity index (χ0v) is 9.44. The second-order valence-electron chi connectivity index (χ2n) is 3.77. The minimum Gasteiger partial charge on any atom is -0.399 e. The summed E-state index contributed by atoms with van der Waals surface area (Å²) < 4.78 is 0. The first-order chi connectivity index (χ1) is 7.65. The van der Waals surface area contributed by atoms with E-state index in [-0.39, 0.29) is 18.6 Å². The third kappa shape index (κ3) is 3.90. The van der Waals surface area contributed by atoms with Gasteiger partial charge in [-0.25, -0.2) is 0 Å². The van der Waals surface area contributed by atoms with Crippen molar-refractivity contribution in [3.05, 3.63) is 29.8 Å². The van der Waals surface area contributed by atoms with E-state index < -0.39 is 0 Å². The predicted octanol–water partition coefficient (Wildman–Crippen LogP) is 0.698. The molecule has 1 atom stereocenters. The quantitative estimate of drug-likeness (QED) is 0.642. The number of nitrogens with two attached hydrogens (primary N) is 1. The fraction of sp³-hybridized carbons (Fsp3) is 0.417. The summed E-state index contributed by atoms with van der Waals surface area (Å²) in [6, 6.07) is 7.04. The Morgan fingerprint density at radius 3 is 2.56 bits per heavy atom. The van der Waals surface area contributed by atoms with Crippen LogP contribution in [0.3, 0.4) is 0 Å². The van der Waals surface area contributed by atoms with E-state index >= 15 is 0 Å². The van der Waals surface area contributed by atoms with Gasteiger partial charge in [-0.1, -0.05) is 19.1 Å². The molecule has 4 heteroatoms. The third-order valence-electron chi connectivity index (χ3n) is 2.42. The molecule has 0 aromatic heterocycles. The first-order valence-corrected chi connectivity index (χ1v) is 5.40. The van der Waals surface area contributed by atoms with E-state index in [1.165, 1.54) is 0 Å². The Balaban J connectivity index is 2.48. The van der Waals surface area contributed by atoms with Crippen molar-refractivity contribution >= 4 is 11.6 Å². The highest BCUT2D eigenvalue weighted by Gasteiger charge is 2.09. The highest BCUT2D eigenvalue weighted by atomic mass is 16.3. The van der Waals surface area contributed by atoms with Gasteiger partial charge >= 0.3 is 0 Å². The number of nitrogens with one attached hydrogen (secondary N) is 1. The summed E-state index contributed by atoms with van der Waals surface area (Å²) in [5.74, 6) is -0.0781. The van der Waals surface area contributed by atoms with Crippen molar-refractivity contribution in [2.24, 2.45) is 0 Å². The lowest BCUT2D eigenvalue weighted by molar-refractivity contribution is -0.121. The van der Waals surface area contributed by atoms with Crippen LogP contribution in [0.15, 0.2) is 24.3 Å². The number of carbonyl (C=O) groups is 1. The van der Waals surface area contributed by atoms with Gasteiger partial charge in [-0.05, 0) is 24.1 Å². The number of aliphatic hydroxyl groups is 1. The Morgan fingerprint density at radius 2 is 2.06 bits per heavy atom. The number of nitrogen functional groups attached to an aromatic ring is 1. The predicted molar refractivity (Wildman–Crippen MR) is 63.9 cm³/mol. The van der Waals surface area contributed by atoms with Gasteiger partial charge in [0, 0.05) is 5.69 Å². The molecular weight excluding hydrogens is 204 g/mol. The van der Waals surface area contributed by atoms with Gasteiger partial charge in [0.05, 0.1) is 19.1 Å². The molecule has 0 heterocycles. The maximum atomic E-state index is 11.6. The van der Waals surface area contributed by atoms with Gasteiger partial charge in [0.25, 0.3) is 0 Å². The Hall–Kier alpha value is -1.55. The van der Waals surface area contributed by atoms with Gasteiger partial charge in [0.2, 0.25) is 5.91 Å². The average molecular weight is 222 g/mol. The molecule has 1 aromatic carbocycles. The van der Waals surface area contributed by atoms with Gasteiger partial charge in [-0.2, -0.15) is 0 Å². The second-order valence-corrected chi connectivity index (χ2v) is 3.77. The summed E-state index contributed by atoms with van der Waals surface area (Å²) in [5, 5.41) is 11.7. The molecule has 0 saturated heterocycles. The molecular formula is C12H18N2O2. The van der Waals surface area contributed by atoms with Crippen molar-refractivity contribution in [2.45, 2.75) is 25.8 Å². The number of amides is 1. The summed E-state index contributed by atoms with van der Waals surface area (Å²) in [6.45, 7) is 1.90. The van der Waals surface area contributed by atoms with E-state index in [4.69, 9.17) is 10.8 Å². The smallest absolute Gasteiger partial charge is 0.224 e. The molecule has 0 aliphatic heterocycles. The van der Waals surface area contributed by atoms with Crippen molar-refractivity contribution in [3.63, 3.8) is 0 Å². The zero-order valence-electron chi connectivity index (χ0n) is 9.44. The lowest BCUT2D eigenvalue weighted by Gasteiger charge is -2.13. The molecule has 0 saturated carbocycles. The highest BCUT2D eigenvalue weighted by molar-refractivity contribution is 5.78. The molecule has 1 rings (SSSR count). The van der Waals surface area contributed by atoms with Crippen LogP contribution in [-0.4, -0.2) is 23.7 Å². The minimum absolute atomic E-state index is 0.0238. The first-order valence-electron chi connectivity index (χ1n) is 5.40. The van der Waals surface area contributed by atoms with Crippen LogP contribution in [-0.2, 0) is 11.2 Å². The Morgan fingerprint density at radius 1 is 1.44 bits per heavy atom. The fourth-order valence-electron chi connectivity index (χ4n) is 1.38. The number of aliphatic hydroxyl groups excluding tert-OH is 1. The fourth-order valence-corrected chi connectivity index (χ4v) is 1.38. The molecule has 0 aliphatic rings. The number of rotatable bonds is 5.